The molecule has 124 valence electrons. The Balaban J connectivity index is 1.92. The van der Waals surface area contributed by atoms with Crippen molar-refractivity contribution in [3.05, 3.63) is 77.6 Å². The van der Waals surface area contributed by atoms with Gasteiger partial charge in [0.05, 0.1) is 24.0 Å². The van der Waals surface area contributed by atoms with E-state index in [9.17, 15) is 9.65 Å². The Hall–Kier alpha value is -2.93. The van der Waals surface area contributed by atoms with Gasteiger partial charge in [-0.3, -0.25) is 0 Å². The van der Waals surface area contributed by atoms with Crippen LogP contribution in [0.2, 0.25) is 0 Å². The molecule has 25 heavy (non-hydrogen) atoms. The monoisotopic (exact) mass is 331 g/mol. The van der Waals surface area contributed by atoms with Crippen LogP contribution >= 0.6 is 0 Å². The maximum absolute atomic E-state index is 14.5. The van der Waals surface area contributed by atoms with Crippen LogP contribution in [-0.2, 0) is 6.42 Å². The first-order valence-corrected chi connectivity index (χ1v) is 8.57. The molecule has 0 bridgehead atoms. The van der Waals surface area contributed by atoms with Gasteiger partial charge in [-0.25, -0.2) is 9.37 Å². The minimum atomic E-state index is -0.265. The van der Waals surface area contributed by atoms with Gasteiger partial charge in [-0.05, 0) is 48.6 Å². The van der Waals surface area contributed by atoms with E-state index in [1.165, 1.54) is 11.8 Å². The predicted octanol–water partition coefficient (Wildman–Crippen LogP) is 4.88. The lowest BCUT2D eigenvalue weighted by Gasteiger charge is -2.22. The summed E-state index contributed by atoms with van der Waals surface area (Å²) in [6.07, 6.45) is 8.04. The molecule has 2 aromatic carbocycles. The highest BCUT2D eigenvalue weighted by Crippen LogP contribution is 2.37. The lowest BCUT2D eigenvalue weighted by molar-refractivity contribution is 0.536. The van der Waals surface area contributed by atoms with E-state index >= 15 is 0 Å². The number of fused-ring (bicyclic) bond motifs is 1. The number of rotatable bonds is 2. The number of imidazole rings is 1. The largest absolute Gasteiger partial charge is 0.327 e. The van der Waals surface area contributed by atoms with Gasteiger partial charge in [0.15, 0.2) is 0 Å². The molecular formula is C21H18FN3. The number of halogens is 1. The average Bonchev–Trinajstić information content (AvgIpc) is 3.01. The van der Waals surface area contributed by atoms with E-state index in [0.29, 0.717) is 11.1 Å². The molecule has 0 fully saturated rings. The zero-order chi connectivity index (χ0) is 17.2. The quantitative estimate of drug-likeness (QED) is 0.672. The lowest BCUT2D eigenvalue weighted by atomic mass is 9.91. The van der Waals surface area contributed by atoms with Crippen LogP contribution in [0.3, 0.4) is 0 Å². The zero-order valence-electron chi connectivity index (χ0n) is 13.8. The lowest BCUT2D eigenvalue weighted by Crippen LogP contribution is -2.12. The number of aromatic nitrogens is 2. The standard InChI is InChI=1S/C21H18FN3/c22-20-7-3-2-6-17(20)19-11-15(12-23)9-10-18(19)21-8-4-1-5-16-13-24-14-25(16)21/h2-3,6-7,9-11,13-14,21H,1,4-5,8H2. The second-order valence-corrected chi connectivity index (χ2v) is 6.45. The topological polar surface area (TPSA) is 41.6 Å². The van der Waals surface area contributed by atoms with Gasteiger partial charge in [0.25, 0.3) is 0 Å². The van der Waals surface area contributed by atoms with Crippen LogP contribution in [0.25, 0.3) is 11.1 Å². The van der Waals surface area contributed by atoms with Gasteiger partial charge >= 0.3 is 0 Å². The van der Waals surface area contributed by atoms with Gasteiger partial charge in [-0.1, -0.05) is 30.7 Å². The summed E-state index contributed by atoms with van der Waals surface area (Å²) in [6.45, 7) is 0. The van der Waals surface area contributed by atoms with Gasteiger partial charge in [0, 0.05) is 17.5 Å². The zero-order valence-corrected chi connectivity index (χ0v) is 13.8. The summed E-state index contributed by atoms with van der Waals surface area (Å²) in [5, 5.41) is 9.29. The van der Waals surface area contributed by atoms with Crippen molar-refractivity contribution in [1.29, 1.82) is 5.26 Å². The van der Waals surface area contributed by atoms with Crippen molar-refractivity contribution in [2.24, 2.45) is 0 Å². The molecule has 4 heteroatoms. The summed E-state index contributed by atoms with van der Waals surface area (Å²) >= 11 is 0. The molecule has 3 nitrogen and oxygen atoms in total. The first kappa shape index (κ1) is 15.6. The second-order valence-electron chi connectivity index (χ2n) is 6.45. The first-order chi connectivity index (χ1) is 12.3. The van der Waals surface area contributed by atoms with E-state index in [1.54, 1.807) is 18.2 Å². The molecule has 3 aromatic rings. The molecule has 0 aliphatic carbocycles. The normalized spacial score (nSPS) is 16.7. The van der Waals surface area contributed by atoms with Crippen LogP contribution in [0.5, 0.6) is 0 Å². The summed E-state index contributed by atoms with van der Waals surface area (Å²) in [5.41, 5.74) is 4.14. The molecule has 0 spiro atoms. The molecule has 0 saturated carbocycles. The van der Waals surface area contributed by atoms with Crippen LogP contribution in [0.1, 0.15) is 42.1 Å². The van der Waals surface area contributed by atoms with E-state index in [0.717, 1.165) is 36.8 Å². The summed E-state index contributed by atoms with van der Waals surface area (Å²) < 4.78 is 16.7. The molecule has 1 aliphatic heterocycles. The van der Waals surface area contributed by atoms with Crippen molar-refractivity contribution in [1.82, 2.24) is 9.55 Å². The number of nitriles is 1. The number of hydrogen-bond donors (Lipinski definition) is 0. The highest BCUT2D eigenvalue weighted by molar-refractivity contribution is 5.70. The summed E-state index contributed by atoms with van der Waals surface area (Å²) in [7, 11) is 0. The second kappa shape index (κ2) is 6.52. The third-order valence-electron chi connectivity index (χ3n) is 4.95. The molecule has 0 N–H and O–H groups in total. The molecule has 0 saturated heterocycles. The number of hydrogen-bond acceptors (Lipinski definition) is 2. The molecule has 2 heterocycles. The smallest absolute Gasteiger partial charge is 0.131 e. The molecule has 1 aromatic heterocycles. The molecule has 4 rings (SSSR count). The molecule has 1 atom stereocenters. The highest BCUT2D eigenvalue weighted by atomic mass is 19.1. The molecular weight excluding hydrogens is 313 g/mol. The highest BCUT2D eigenvalue weighted by Gasteiger charge is 2.23. The molecule has 1 aliphatic rings. The Labute approximate surface area is 146 Å². The third kappa shape index (κ3) is 2.83. The average molecular weight is 331 g/mol. The predicted molar refractivity (Wildman–Crippen MR) is 94.5 cm³/mol. The van der Waals surface area contributed by atoms with Crippen LogP contribution in [-0.4, -0.2) is 9.55 Å². The van der Waals surface area contributed by atoms with Crippen molar-refractivity contribution in [2.75, 3.05) is 0 Å². The Morgan fingerprint density at radius 2 is 2.00 bits per heavy atom. The summed E-state index contributed by atoms with van der Waals surface area (Å²) in [4.78, 5) is 4.31. The minimum Gasteiger partial charge on any atom is -0.327 e. The van der Waals surface area contributed by atoms with E-state index < -0.39 is 0 Å². The first-order valence-electron chi connectivity index (χ1n) is 8.57. The maximum atomic E-state index is 14.5. The Kier molecular flexibility index (Phi) is 4.07. The fourth-order valence-electron chi connectivity index (χ4n) is 3.72. The van der Waals surface area contributed by atoms with E-state index in [-0.39, 0.29) is 11.9 Å². The van der Waals surface area contributed by atoms with Crippen molar-refractivity contribution in [3.8, 4) is 17.2 Å². The maximum Gasteiger partial charge on any atom is 0.131 e. The molecule has 1 unspecified atom stereocenters. The fraction of sp³-hybridized carbons (Fsp3) is 0.238. The van der Waals surface area contributed by atoms with Gasteiger partial charge in [0.1, 0.15) is 5.82 Å². The SMILES string of the molecule is N#Cc1ccc(C2CCCCc3cncn32)c(-c2ccccc2F)c1. The van der Waals surface area contributed by atoms with Gasteiger partial charge in [-0.2, -0.15) is 5.26 Å². The van der Waals surface area contributed by atoms with E-state index in [1.807, 2.05) is 30.7 Å². The van der Waals surface area contributed by atoms with E-state index in [4.69, 9.17) is 0 Å². The van der Waals surface area contributed by atoms with Crippen molar-refractivity contribution >= 4 is 0 Å². The Morgan fingerprint density at radius 1 is 1.12 bits per heavy atom. The summed E-state index contributed by atoms with van der Waals surface area (Å²) in [5.74, 6) is -0.265. The van der Waals surface area contributed by atoms with Gasteiger partial charge < -0.3 is 4.57 Å². The number of nitrogens with zero attached hydrogens (tertiary/aromatic N) is 3. The van der Waals surface area contributed by atoms with Crippen LogP contribution in [0.15, 0.2) is 55.0 Å². The third-order valence-corrected chi connectivity index (χ3v) is 4.95. The summed E-state index contributed by atoms with van der Waals surface area (Å²) in [6, 6.07) is 14.6. The number of benzene rings is 2. The molecule has 0 radical (unpaired) electrons. The van der Waals surface area contributed by atoms with E-state index in [2.05, 4.69) is 15.6 Å². The van der Waals surface area contributed by atoms with Crippen LogP contribution < -0.4 is 0 Å². The van der Waals surface area contributed by atoms with Crippen LogP contribution in [0, 0.1) is 17.1 Å². The Morgan fingerprint density at radius 3 is 2.84 bits per heavy atom. The number of aryl methyl sites for hydroxylation is 1. The van der Waals surface area contributed by atoms with Crippen molar-refractivity contribution < 1.29 is 4.39 Å². The van der Waals surface area contributed by atoms with Gasteiger partial charge in [-0.15, -0.1) is 0 Å². The fourth-order valence-corrected chi connectivity index (χ4v) is 3.72. The Bertz CT molecular complexity index is 952. The molecule has 0 amide bonds. The van der Waals surface area contributed by atoms with Gasteiger partial charge in [0.2, 0.25) is 0 Å². The van der Waals surface area contributed by atoms with Crippen LogP contribution in [0.4, 0.5) is 4.39 Å². The van der Waals surface area contributed by atoms with Crippen molar-refractivity contribution in [3.63, 3.8) is 0 Å². The van der Waals surface area contributed by atoms with Crippen molar-refractivity contribution in [2.45, 2.75) is 31.7 Å². The minimum absolute atomic E-state index is 0.113.